The summed E-state index contributed by atoms with van der Waals surface area (Å²) in [6.45, 7) is 14.6. The van der Waals surface area contributed by atoms with Gasteiger partial charge in [0, 0.05) is 0 Å². The first kappa shape index (κ1) is 23.1. The number of hydrogen-bond acceptors (Lipinski definition) is 1. The molecule has 1 aromatic carbocycles. The van der Waals surface area contributed by atoms with Gasteiger partial charge in [0.2, 0.25) is 0 Å². The molecule has 120 valence electrons. The molecule has 1 rings (SSSR count). The number of rotatable bonds is 9. The zero-order valence-electron chi connectivity index (χ0n) is 16.0. The molecule has 0 unspecified atom stereocenters. The molecule has 0 saturated carbocycles. The van der Waals surface area contributed by atoms with Crippen molar-refractivity contribution in [1.82, 2.24) is 0 Å². The van der Waals surface area contributed by atoms with E-state index in [1.807, 2.05) is 0 Å². The molecule has 4 heteroatoms. The Hall–Kier alpha value is 1.09. The van der Waals surface area contributed by atoms with Crippen LogP contribution in [0, 0.1) is 6.07 Å². The van der Waals surface area contributed by atoms with Crippen LogP contribution >= 0.6 is 0 Å². The van der Waals surface area contributed by atoms with Crippen molar-refractivity contribution < 1.29 is 51.4 Å². The zero-order chi connectivity index (χ0) is 15.9. The SMILES string of the molecule is CC[Si](CC)(CC)N(c1cc[c-]cc1)[Si](CC)(CC)CC.[K+]. The van der Waals surface area contributed by atoms with E-state index in [4.69, 9.17) is 0 Å². The van der Waals surface area contributed by atoms with Gasteiger partial charge in [-0.1, -0.05) is 47.2 Å². The number of benzene rings is 1. The van der Waals surface area contributed by atoms with E-state index in [2.05, 4.69) is 76.1 Å². The van der Waals surface area contributed by atoms with Gasteiger partial charge < -0.3 is 4.23 Å². The molecular formula is C18H34KNSi2. The summed E-state index contributed by atoms with van der Waals surface area (Å²) in [6.07, 6.45) is 0. The molecule has 0 aliphatic carbocycles. The molecule has 0 saturated heterocycles. The molecule has 0 spiro atoms. The molecule has 0 amide bonds. The van der Waals surface area contributed by atoms with Gasteiger partial charge in [0.05, 0.1) is 0 Å². The molecule has 0 aromatic heterocycles. The molecule has 0 bridgehead atoms. The van der Waals surface area contributed by atoms with Crippen LogP contribution in [0.4, 0.5) is 5.69 Å². The fraction of sp³-hybridized carbons (Fsp3) is 0.667. The van der Waals surface area contributed by atoms with Crippen LogP contribution in [0.15, 0.2) is 24.3 Å². The van der Waals surface area contributed by atoms with Crippen LogP contribution in [-0.4, -0.2) is 16.5 Å². The Bertz CT molecular complexity index is 366. The van der Waals surface area contributed by atoms with Crippen LogP contribution in [0.2, 0.25) is 36.3 Å². The second-order valence-electron chi connectivity index (χ2n) is 6.16. The molecule has 0 atom stereocenters. The standard InChI is InChI=1S/C18H34NSi2.K/c1-7-20(8-2,9-3)19(18-16-14-13-15-17-18)21(10-4,11-5)12-6;/h14-17H,7-12H2,1-6H3;/q-1;+1. The van der Waals surface area contributed by atoms with E-state index < -0.39 is 16.5 Å². The summed E-state index contributed by atoms with van der Waals surface area (Å²) in [5.41, 5.74) is 1.49. The van der Waals surface area contributed by atoms with Gasteiger partial charge in [0.15, 0.2) is 0 Å². The Morgan fingerprint density at radius 1 is 0.727 bits per heavy atom. The maximum absolute atomic E-state index is 3.20. The number of nitrogens with zero attached hydrogens (tertiary/aromatic N) is 1. The van der Waals surface area contributed by atoms with Crippen molar-refractivity contribution in [3.8, 4) is 0 Å². The van der Waals surface area contributed by atoms with Crippen molar-refractivity contribution >= 4 is 22.2 Å². The van der Waals surface area contributed by atoms with Gasteiger partial charge in [-0.3, -0.25) is 0 Å². The van der Waals surface area contributed by atoms with Crippen molar-refractivity contribution in [2.45, 2.75) is 77.8 Å². The summed E-state index contributed by atoms with van der Waals surface area (Å²) < 4.78 is 3.05. The fourth-order valence-corrected chi connectivity index (χ4v) is 17.2. The first-order valence-corrected chi connectivity index (χ1v) is 14.0. The normalized spacial score (nSPS) is 11.9. The quantitative estimate of drug-likeness (QED) is 0.483. The van der Waals surface area contributed by atoms with Gasteiger partial charge >= 0.3 is 51.4 Å². The molecule has 0 N–H and O–H groups in total. The maximum atomic E-state index is 3.20. The van der Waals surface area contributed by atoms with Gasteiger partial charge in [-0.15, -0.1) is 12.1 Å². The van der Waals surface area contributed by atoms with Crippen molar-refractivity contribution in [3.05, 3.63) is 30.3 Å². The summed E-state index contributed by atoms with van der Waals surface area (Å²) >= 11 is 0. The molecule has 0 aliphatic rings. The fourth-order valence-electron chi connectivity index (χ4n) is 4.03. The van der Waals surface area contributed by atoms with Crippen molar-refractivity contribution in [3.63, 3.8) is 0 Å². The van der Waals surface area contributed by atoms with Crippen LogP contribution < -0.4 is 55.6 Å². The van der Waals surface area contributed by atoms with Crippen molar-refractivity contribution in [1.29, 1.82) is 0 Å². The average molecular weight is 360 g/mol. The Balaban J connectivity index is 0.00000441. The molecule has 22 heavy (non-hydrogen) atoms. The first-order chi connectivity index (χ1) is 10.1. The van der Waals surface area contributed by atoms with E-state index in [-0.39, 0.29) is 51.4 Å². The van der Waals surface area contributed by atoms with Gasteiger partial charge in [0.25, 0.3) is 0 Å². The molecule has 1 nitrogen and oxygen atoms in total. The second-order valence-corrected chi connectivity index (χ2v) is 16.6. The predicted molar refractivity (Wildman–Crippen MR) is 102 cm³/mol. The van der Waals surface area contributed by atoms with E-state index in [1.54, 1.807) is 0 Å². The second kappa shape index (κ2) is 10.9. The third-order valence-electron chi connectivity index (χ3n) is 5.86. The van der Waals surface area contributed by atoms with E-state index in [0.29, 0.717) is 0 Å². The molecule has 0 fully saturated rings. The van der Waals surface area contributed by atoms with Crippen molar-refractivity contribution in [2.75, 3.05) is 4.23 Å². The monoisotopic (exact) mass is 359 g/mol. The smallest absolute Gasteiger partial charge is 0.444 e. The average Bonchev–Trinajstić information content (AvgIpc) is 2.57. The van der Waals surface area contributed by atoms with Crippen LogP contribution in [0.25, 0.3) is 0 Å². The van der Waals surface area contributed by atoms with Crippen LogP contribution in [-0.2, 0) is 0 Å². The molecule has 0 aliphatic heterocycles. The molecule has 0 radical (unpaired) electrons. The van der Waals surface area contributed by atoms with Crippen LogP contribution in [0.5, 0.6) is 0 Å². The van der Waals surface area contributed by atoms with Gasteiger partial charge in [-0.2, -0.15) is 18.2 Å². The molecule has 1 aromatic rings. The summed E-state index contributed by atoms with van der Waals surface area (Å²) in [5, 5.41) is 0. The Labute approximate surface area is 183 Å². The third-order valence-corrected chi connectivity index (χ3v) is 19.0. The summed E-state index contributed by atoms with van der Waals surface area (Å²) in [7, 11) is -2.81. The first-order valence-electron chi connectivity index (χ1n) is 8.86. The zero-order valence-corrected chi connectivity index (χ0v) is 21.1. The van der Waals surface area contributed by atoms with Gasteiger partial charge in [-0.25, -0.2) is 0 Å². The Morgan fingerprint density at radius 3 is 1.32 bits per heavy atom. The third kappa shape index (κ3) is 4.58. The predicted octanol–water partition coefficient (Wildman–Crippen LogP) is 3.31. The van der Waals surface area contributed by atoms with Crippen LogP contribution in [0.1, 0.15) is 41.5 Å². The minimum atomic E-state index is -1.40. The van der Waals surface area contributed by atoms with E-state index in [1.165, 1.54) is 42.0 Å². The molecule has 0 heterocycles. The Morgan fingerprint density at radius 2 is 1.05 bits per heavy atom. The van der Waals surface area contributed by atoms with Gasteiger partial charge in [-0.05, 0) is 36.3 Å². The summed E-state index contributed by atoms with van der Waals surface area (Å²) in [6, 6.07) is 20.2. The van der Waals surface area contributed by atoms with E-state index >= 15 is 0 Å². The number of anilines is 1. The maximum Gasteiger partial charge on any atom is 1.00 e. The van der Waals surface area contributed by atoms with Crippen molar-refractivity contribution in [2.24, 2.45) is 0 Å². The molecular weight excluding hydrogens is 325 g/mol. The minimum Gasteiger partial charge on any atom is -0.444 e. The topological polar surface area (TPSA) is 3.24 Å². The minimum absolute atomic E-state index is 0. The largest absolute Gasteiger partial charge is 1.00 e. The van der Waals surface area contributed by atoms with Crippen LogP contribution in [0.3, 0.4) is 0 Å². The van der Waals surface area contributed by atoms with E-state index in [9.17, 15) is 0 Å². The van der Waals surface area contributed by atoms with E-state index in [0.717, 1.165) is 0 Å². The Kier molecular flexibility index (Phi) is 11.4. The summed E-state index contributed by atoms with van der Waals surface area (Å²) in [5.74, 6) is 0. The van der Waals surface area contributed by atoms with Gasteiger partial charge in [0.1, 0.15) is 16.5 Å². The number of hydrogen-bond donors (Lipinski definition) is 0. The summed E-state index contributed by atoms with van der Waals surface area (Å²) in [4.78, 5) is 0.